The number of rotatable bonds is 2. The molecule has 0 unspecified atom stereocenters. The lowest BCUT2D eigenvalue weighted by Crippen LogP contribution is -2.41. The molecule has 1 saturated heterocycles. The molecular weight excluding hydrogens is 278 g/mol. The molecule has 1 amide bonds. The van der Waals surface area contributed by atoms with Crippen molar-refractivity contribution in [1.29, 1.82) is 0 Å². The van der Waals surface area contributed by atoms with Crippen LogP contribution in [0.1, 0.15) is 32.3 Å². The van der Waals surface area contributed by atoms with E-state index in [9.17, 15) is 4.79 Å². The Hall–Kier alpha value is -0.830. The Balaban J connectivity index is 2.25. The van der Waals surface area contributed by atoms with E-state index in [1.165, 1.54) is 0 Å². The monoisotopic (exact) mass is 295 g/mol. The highest BCUT2D eigenvalue weighted by Crippen LogP contribution is 2.29. The van der Waals surface area contributed by atoms with Crippen molar-refractivity contribution >= 4 is 21.8 Å². The molecule has 1 aliphatic rings. The van der Waals surface area contributed by atoms with Crippen molar-refractivity contribution < 1.29 is 4.79 Å². The first-order valence-corrected chi connectivity index (χ1v) is 6.86. The van der Waals surface area contributed by atoms with Gasteiger partial charge in [-0.2, -0.15) is 0 Å². The van der Waals surface area contributed by atoms with Gasteiger partial charge in [0, 0.05) is 17.6 Å². The number of likely N-dealkylation sites (tertiary alicyclic amines) is 1. The van der Waals surface area contributed by atoms with Gasteiger partial charge in [-0.25, -0.2) is 0 Å². The van der Waals surface area contributed by atoms with Crippen molar-refractivity contribution in [2.45, 2.75) is 32.1 Å². The second-order valence-electron chi connectivity index (χ2n) is 5.13. The highest BCUT2D eigenvalue weighted by Gasteiger charge is 2.34. The van der Waals surface area contributed by atoms with Gasteiger partial charge in [-0.1, -0.05) is 28.1 Å². The van der Waals surface area contributed by atoms with Crippen LogP contribution in [0.25, 0.3) is 0 Å². The standard InChI is InChI=1S/C14H18BrNO/c1-14(2,11-6-5-7-12(15)10-11)13(17)16-8-3-4-9-16/h5-7,10H,3-4,8-9H2,1-2H3. The predicted molar refractivity (Wildman–Crippen MR) is 73.0 cm³/mol. The van der Waals surface area contributed by atoms with E-state index in [1.807, 2.05) is 43.0 Å². The van der Waals surface area contributed by atoms with Crippen LogP contribution in [0.4, 0.5) is 0 Å². The van der Waals surface area contributed by atoms with Gasteiger partial charge < -0.3 is 4.90 Å². The van der Waals surface area contributed by atoms with Crippen LogP contribution in [-0.4, -0.2) is 23.9 Å². The van der Waals surface area contributed by atoms with E-state index in [2.05, 4.69) is 15.9 Å². The summed E-state index contributed by atoms with van der Waals surface area (Å²) in [6.07, 6.45) is 2.28. The molecule has 0 N–H and O–H groups in total. The molecule has 0 aromatic heterocycles. The van der Waals surface area contributed by atoms with Crippen LogP contribution < -0.4 is 0 Å². The third-order valence-corrected chi connectivity index (χ3v) is 3.97. The minimum Gasteiger partial charge on any atom is -0.342 e. The fraction of sp³-hybridized carbons (Fsp3) is 0.500. The molecule has 1 fully saturated rings. The maximum absolute atomic E-state index is 12.5. The molecule has 0 radical (unpaired) electrons. The Kier molecular flexibility index (Phi) is 3.57. The highest BCUT2D eigenvalue weighted by molar-refractivity contribution is 9.10. The molecule has 0 aliphatic carbocycles. The van der Waals surface area contributed by atoms with Crippen molar-refractivity contribution in [3.8, 4) is 0 Å². The molecule has 3 heteroatoms. The fourth-order valence-corrected chi connectivity index (χ4v) is 2.72. The molecule has 1 heterocycles. The van der Waals surface area contributed by atoms with Gasteiger partial charge in [0.1, 0.15) is 0 Å². The number of benzene rings is 1. The summed E-state index contributed by atoms with van der Waals surface area (Å²) in [4.78, 5) is 14.5. The van der Waals surface area contributed by atoms with Crippen molar-refractivity contribution in [2.24, 2.45) is 0 Å². The second-order valence-corrected chi connectivity index (χ2v) is 6.05. The summed E-state index contributed by atoms with van der Waals surface area (Å²) in [6, 6.07) is 8.03. The van der Waals surface area contributed by atoms with Crippen molar-refractivity contribution in [2.75, 3.05) is 13.1 Å². The largest absolute Gasteiger partial charge is 0.342 e. The van der Waals surface area contributed by atoms with E-state index >= 15 is 0 Å². The topological polar surface area (TPSA) is 20.3 Å². The first-order chi connectivity index (χ1) is 8.01. The number of halogens is 1. The van der Waals surface area contributed by atoms with E-state index < -0.39 is 5.41 Å². The SMILES string of the molecule is CC(C)(C(=O)N1CCCC1)c1cccc(Br)c1. The van der Waals surface area contributed by atoms with Gasteiger partial charge in [-0.3, -0.25) is 4.79 Å². The minimum atomic E-state index is -0.436. The zero-order chi connectivity index (χ0) is 12.5. The summed E-state index contributed by atoms with van der Waals surface area (Å²) >= 11 is 3.46. The Morgan fingerprint density at radius 2 is 1.94 bits per heavy atom. The molecule has 1 aromatic carbocycles. The lowest BCUT2D eigenvalue weighted by Gasteiger charge is -2.29. The number of nitrogens with zero attached hydrogens (tertiary/aromatic N) is 1. The maximum Gasteiger partial charge on any atom is 0.232 e. The fourth-order valence-electron chi connectivity index (χ4n) is 2.32. The number of hydrogen-bond acceptors (Lipinski definition) is 1. The maximum atomic E-state index is 12.5. The van der Waals surface area contributed by atoms with Gasteiger partial charge in [0.2, 0.25) is 5.91 Å². The van der Waals surface area contributed by atoms with Gasteiger partial charge >= 0.3 is 0 Å². The number of carbonyl (C=O) groups is 1. The Labute approximate surface area is 111 Å². The normalized spacial score (nSPS) is 16.3. The molecule has 0 bridgehead atoms. The van der Waals surface area contributed by atoms with Crippen LogP contribution >= 0.6 is 15.9 Å². The van der Waals surface area contributed by atoms with Crippen molar-refractivity contribution in [3.05, 3.63) is 34.3 Å². The van der Waals surface area contributed by atoms with Gasteiger partial charge in [-0.15, -0.1) is 0 Å². The summed E-state index contributed by atoms with van der Waals surface area (Å²) in [5.41, 5.74) is 0.637. The Morgan fingerprint density at radius 1 is 1.29 bits per heavy atom. The van der Waals surface area contributed by atoms with E-state index in [0.29, 0.717) is 0 Å². The molecular formula is C14H18BrNO. The van der Waals surface area contributed by atoms with Crippen molar-refractivity contribution in [3.63, 3.8) is 0 Å². The molecule has 0 saturated carbocycles. The van der Waals surface area contributed by atoms with Crippen LogP contribution in [0.3, 0.4) is 0 Å². The first-order valence-electron chi connectivity index (χ1n) is 6.07. The van der Waals surface area contributed by atoms with Crippen LogP contribution in [0.2, 0.25) is 0 Å². The van der Waals surface area contributed by atoms with Gasteiger partial charge in [0.15, 0.2) is 0 Å². The van der Waals surface area contributed by atoms with Gasteiger partial charge in [-0.05, 0) is 44.4 Å². The molecule has 2 rings (SSSR count). The third-order valence-electron chi connectivity index (χ3n) is 3.47. The molecule has 0 atom stereocenters. The van der Waals surface area contributed by atoms with E-state index in [0.717, 1.165) is 36.0 Å². The second kappa shape index (κ2) is 4.81. The average molecular weight is 296 g/mol. The zero-order valence-electron chi connectivity index (χ0n) is 10.4. The van der Waals surface area contributed by atoms with Crippen LogP contribution in [0.15, 0.2) is 28.7 Å². The predicted octanol–water partition coefficient (Wildman–Crippen LogP) is 3.35. The molecule has 1 aromatic rings. The quantitative estimate of drug-likeness (QED) is 0.819. The molecule has 2 nitrogen and oxygen atoms in total. The molecule has 0 spiro atoms. The lowest BCUT2D eigenvalue weighted by atomic mass is 9.83. The Morgan fingerprint density at radius 3 is 2.53 bits per heavy atom. The lowest BCUT2D eigenvalue weighted by molar-refractivity contribution is -0.135. The molecule has 17 heavy (non-hydrogen) atoms. The van der Waals surface area contributed by atoms with Gasteiger partial charge in [0.05, 0.1) is 5.41 Å². The third kappa shape index (κ3) is 2.54. The summed E-state index contributed by atoms with van der Waals surface area (Å²) < 4.78 is 1.03. The first kappa shape index (κ1) is 12.6. The summed E-state index contributed by atoms with van der Waals surface area (Å²) in [5, 5.41) is 0. The van der Waals surface area contributed by atoms with Crippen LogP contribution in [0.5, 0.6) is 0 Å². The summed E-state index contributed by atoms with van der Waals surface area (Å²) in [6.45, 7) is 5.84. The summed E-state index contributed by atoms with van der Waals surface area (Å²) in [5.74, 6) is 0.244. The Bertz CT molecular complexity index is 422. The van der Waals surface area contributed by atoms with E-state index in [4.69, 9.17) is 0 Å². The minimum absolute atomic E-state index is 0.244. The smallest absolute Gasteiger partial charge is 0.232 e. The average Bonchev–Trinajstić information content (AvgIpc) is 2.81. The van der Waals surface area contributed by atoms with E-state index in [1.54, 1.807) is 0 Å². The van der Waals surface area contributed by atoms with Crippen molar-refractivity contribution in [1.82, 2.24) is 4.90 Å². The summed E-state index contributed by atoms with van der Waals surface area (Å²) in [7, 11) is 0. The highest BCUT2D eigenvalue weighted by atomic mass is 79.9. The zero-order valence-corrected chi connectivity index (χ0v) is 12.0. The van der Waals surface area contributed by atoms with Crippen LogP contribution in [0, 0.1) is 0 Å². The number of amides is 1. The van der Waals surface area contributed by atoms with Gasteiger partial charge in [0.25, 0.3) is 0 Å². The van der Waals surface area contributed by atoms with Crippen LogP contribution in [-0.2, 0) is 10.2 Å². The number of hydrogen-bond donors (Lipinski definition) is 0. The molecule has 1 aliphatic heterocycles. The number of carbonyl (C=O) groups excluding carboxylic acids is 1. The van der Waals surface area contributed by atoms with E-state index in [-0.39, 0.29) is 5.91 Å². The molecule has 92 valence electrons.